The maximum atomic E-state index is 13.1. The first-order chi connectivity index (χ1) is 13.6. The van der Waals surface area contributed by atoms with Gasteiger partial charge in [0.2, 0.25) is 0 Å². The molecule has 0 radical (unpaired) electrons. The fourth-order valence-electron chi connectivity index (χ4n) is 3.85. The van der Waals surface area contributed by atoms with Crippen LogP contribution in [0.2, 0.25) is 0 Å². The van der Waals surface area contributed by atoms with Gasteiger partial charge in [0.15, 0.2) is 0 Å². The second kappa shape index (κ2) is 7.96. The molecule has 3 aromatic rings. The number of carbonyl (C=O) groups is 1. The van der Waals surface area contributed by atoms with Gasteiger partial charge in [0, 0.05) is 37.1 Å². The van der Waals surface area contributed by atoms with Gasteiger partial charge in [0.25, 0.3) is 5.91 Å². The molecule has 0 saturated carbocycles. The number of hydrogen-bond donors (Lipinski definition) is 1. The molecule has 1 aliphatic heterocycles. The third-order valence-electron chi connectivity index (χ3n) is 5.46. The number of halogens is 1. The smallest absolute Gasteiger partial charge is 0.272 e. The summed E-state index contributed by atoms with van der Waals surface area (Å²) < 4.78 is 15.3. The Kier molecular flexibility index (Phi) is 5.23. The number of nitrogens with zero attached hydrogens (tertiary/aromatic N) is 4. The van der Waals surface area contributed by atoms with E-state index in [-0.39, 0.29) is 17.8 Å². The Balaban J connectivity index is 1.47. The highest BCUT2D eigenvalue weighted by atomic mass is 19.1. The minimum absolute atomic E-state index is 0.0204. The molecule has 0 unspecified atom stereocenters. The van der Waals surface area contributed by atoms with Gasteiger partial charge in [-0.2, -0.15) is 5.10 Å². The van der Waals surface area contributed by atoms with Crippen LogP contribution >= 0.6 is 0 Å². The zero-order valence-electron chi connectivity index (χ0n) is 15.9. The Bertz CT molecular complexity index is 946. The summed E-state index contributed by atoms with van der Waals surface area (Å²) in [6, 6.07) is 8.07. The van der Waals surface area contributed by atoms with E-state index in [0.717, 1.165) is 50.2 Å². The zero-order chi connectivity index (χ0) is 19.5. The van der Waals surface area contributed by atoms with Gasteiger partial charge < -0.3 is 9.47 Å². The van der Waals surface area contributed by atoms with Crippen LogP contribution in [0.1, 0.15) is 42.0 Å². The molecule has 1 aromatic carbocycles. The van der Waals surface area contributed by atoms with Crippen LogP contribution in [-0.4, -0.2) is 43.1 Å². The van der Waals surface area contributed by atoms with Crippen molar-refractivity contribution >= 4 is 5.91 Å². The van der Waals surface area contributed by atoms with Crippen LogP contribution in [0.3, 0.4) is 0 Å². The van der Waals surface area contributed by atoms with Crippen LogP contribution in [0.5, 0.6) is 0 Å². The fourth-order valence-corrected chi connectivity index (χ4v) is 3.85. The van der Waals surface area contributed by atoms with E-state index in [1.165, 1.54) is 12.1 Å². The summed E-state index contributed by atoms with van der Waals surface area (Å²) in [4.78, 5) is 19.3. The second-order valence-corrected chi connectivity index (χ2v) is 7.28. The summed E-state index contributed by atoms with van der Waals surface area (Å²) in [5.41, 5.74) is 1.90. The number of nitrogens with one attached hydrogen (secondary N) is 1. The summed E-state index contributed by atoms with van der Waals surface area (Å²) in [5.74, 6) is 0.680. The number of piperidine rings is 1. The number of imidazole rings is 1. The van der Waals surface area contributed by atoms with Crippen LogP contribution in [0.25, 0.3) is 11.3 Å². The SMILES string of the molecule is Cc1nccn1CC[C@H]1CCCCN1C(=O)c1cc(-c2ccc(F)cc2)n[nH]1. The average Bonchev–Trinajstić information content (AvgIpc) is 3.36. The molecule has 28 heavy (non-hydrogen) atoms. The number of benzene rings is 1. The predicted octanol–water partition coefficient (Wildman–Crippen LogP) is 3.81. The summed E-state index contributed by atoms with van der Waals surface area (Å²) in [6.07, 6.45) is 7.86. The standard InChI is InChI=1S/C21H24FN5O/c1-15-23-10-13-26(15)12-9-18-4-2-3-11-27(18)21(28)20-14-19(24-25-20)16-5-7-17(22)8-6-16/h5-8,10,13-14,18H,2-4,9,11-12H2,1H3,(H,24,25)/t18-/m1/s1. The monoisotopic (exact) mass is 381 g/mol. The van der Waals surface area contributed by atoms with Crippen molar-refractivity contribution in [1.82, 2.24) is 24.6 Å². The van der Waals surface area contributed by atoms with Crippen LogP contribution in [-0.2, 0) is 6.54 Å². The van der Waals surface area contributed by atoms with E-state index in [1.54, 1.807) is 24.4 Å². The Hall–Kier alpha value is -2.96. The van der Waals surface area contributed by atoms with Crippen molar-refractivity contribution in [2.75, 3.05) is 6.54 Å². The maximum Gasteiger partial charge on any atom is 0.272 e. The fraction of sp³-hybridized carbons (Fsp3) is 0.381. The minimum atomic E-state index is -0.292. The minimum Gasteiger partial charge on any atom is -0.335 e. The number of H-pyrrole nitrogens is 1. The molecule has 0 aliphatic carbocycles. The largest absolute Gasteiger partial charge is 0.335 e. The Labute approximate surface area is 163 Å². The highest BCUT2D eigenvalue weighted by Crippen LogP contribution is 2.24. The Morgan fingerprint density at radius 3 is 2.86 bits per heavy atom. The van der Waals surface area contributed by atoms with Crippen LogP contribution < -0.4 is 0 Å². The number of carbonyl (C=O) groups excluding carboxylic acids is 1. The summed E-state index contributed by atoms with van der Waals surface area (Å²) in [7, 11) is 0. The lowest BCUT2D eigenvalue weighted by molar-refractivity contribution is 0.0589. The lowest BCUT2D eigenvalue weighted by Crippen LogP contribution is -2.44. The van der Waals surface area contributed by atoms with Crippen molar-refractivity contribution in [3.63, 3.8) is 0 Å². The number of likely N-dealkylation sites (tertiary alicyclic amines) is 1. The lowest BCUT2D eigenvalue weighted by Gasteiger charge is -2.35. The van der Waals surface area contributed by atoms with Gasteiger partial charge in [-0.15, -0.1) is 0 Å². The number of aryl methyl sites for hydroxylation is 2. The average molecular weight is 381 g/mol. The van der Waals surface area contributed by atoms with E-state index in [1.807, 2.05) is 18.0 Å². The van der Waals surface area contributed by atoms with Gasteiger partial charge in [-0.05, 0) is 62.9 Å². The number of amides is 1. The van der Waals surface area contributed by atoms with Crippen molar-refractivity contribution in [3.8, 4) is 11.3 Å². The highest BCUT2D eigenvalue weighted by Gasteiger charge is 2.28. The first-order valence-corrected chi connectivity index (χ1v) is 9.72. The van der Waals surface area contributed by atoms with Crippen molar-refractivity contribution in [2.24, 2.45) is 0 Å². The van der Waals surface area contributed by atoms with Gasteiger partial charge in [-0.1, -0.05) is 0 Å². The number of rotatable bonds is 5. The van der Waals surface area contributed by atoms with E-state index < -0.39 is 0 Å². The quantitative estimate of drug-likeness (QED) is 0.731. The third kappa shape index (κ3) is 3.83. The molecule has 1 fully saturated rings. The summed E-state index contributed by atoms with van der Waals surface area (Å²) in [6.45, 7) is 3.60. The molecule has 146 valence electrons. The van der Waals surface area contributed by atoms with Crippen molar-refractivity contribution in [2.45, 2.75) is 45.2 Å². The molecule has 7 heteroatoms. The first-order valence-electron chi connectivity index (χ1n) is 9.72. The second-order valence-electron chi connectivity index (χ2n) is 7.28. The predicted molar refractivity (Wildman–Crippen MR) is 104 cm³/mol. The van der Waals surface area contributed by atoms with Crippen LogP contribution in [0, 0.1) is 12.7 Å². The first kappa shape index (κ1) is 18.4. The van der Waals surface area contributed by atoms with Crippen LogP contribution in [0.4, 0.5) is 4.39 Å². The van der Waals surface area contributed by atoms with Gasteiger partial charge >= 0.3 is 0 Å². The van der Waals surface area contributed by atoms with E-state index >= 15 is 0 Å². The molecule has 0 bridgehead atoms. The number of aromatic nitrogens is 4. The number of aromatic amines is 1. The molecule has 1 aliphatic rings. The van der Waals surface area contributed by atoms with E-state index in [9.17, 15) is 9.18 Å². The molecule has 2 aromatic heterocycles. The van der Waals surface area contributed by atoms with Gasteiger partial charge in [0.05, 0.1) is 5.69 Å². The maximum absolute atomic E-state index is 13.1. The van der Waals surface area contributed by atoms with E-state index in [0.29, 0.717) is 11.4 Å². The summed E-state index contributed by atoms with van der Waals surface area (Å²) >= 11 is 0. The van der Waals surface area contributed by atoms with E-state index in [2.05, 4.69) is 19.7 Å². The molecule has 1 saturated heterocycles. The molecular weight excluding hydrogens is 357 g/mol. The molecule has 3 heterocycles. The van der Waals surface area contributed by atoms with Crippen LogP contribution in [0.15, 0.2) is 42.7 Å². The van der Waals surface area contributed by atoms with Gasteiger partial charge in [-0.25, -0.2) is 9.37 Å². The summed E-state index contributed by atoms with van der Waals surface area (Å²) in [5, 5.41) is 7.11. The molecular formula is C21H24FN5O. The number of hydrogen-bond acceptors (Lipinski definition) is 3. The van der Waals surface area contributed by atoms with Crippen molar-refractivity contribution < 1.29 is 9.18 Å². The van der Waals surface area contributed by atoms with Gasteiger partial charge in [-0.3, -0.25) is 9.89 Å². The highest BCUT2D eigenvalue weighted by molar-refractivity contribution is 5.93. The van der Waals surface area contributed by atoms with Crippen molar-refractivity contribution in [1.29, 1.82) is 0 Å². The normalized spacial score (nSPS) is 17.1. The molecule has 4 rings (SSSR count). The molecule has 0 spiro atoms. The lowest BCUT2D eigenvalue weighted by atomic mass is 9.98. The molecule has 6 nitrogen and oxygen atoms in total. The Morgan fingerprint density at radius 1 is 1.29 bits per heavy atom. The van der Waals surface area contributed by atoms with E-state index in [4.69, 9.17) is 0 Å². The van der Waals surface area contributed by atoms with Crippen molar-refractivity contribution in [3.05, 3.63) is 60.1 Å². The molecule has 1 N–H and O–H groups in total. The topological polar surface area (TPSA) is 66.8 Å². The Morgan fingerprint density at radius 2 is 2.11 bits per heavy atom. The third-order valence-corrected chi connectivity index (χ3v) is 5.46. The van der Waals surface area contributed by atoms with Gasteiger partial charge in [0.1, 0.15) is 17.3 Å². The molecule has 1 amide bonds. The molecule has 1 atom stereocenters. The zero-order valence-corrected chi connectivity index (χ0v) is 15.9.